The monoisotopic (exact) mass is 583 g/mol. The van der Waals surface area contributed by atoms with Crippen LogP contribution in [0.5, 0.6) is 0 Å². The smallest absolute Gasteiger partial charge is 0.435 e. The predicted molar refractivity (Wildman–Crippen MR) is 151 cm³/mol. The van der Waals surface area contributed by atoms with Gasteiger partial charge in [-0.3, -0.25) is 9.59 Å². The van der Waals surface area contributed by atoms with Gasteiger partial charge in [-0.25, -0.2) is 4.79 Å². The van der Waals surface area contributed by atoms with Crippen molar-refractivity contribution < 1.29 is 32.3 Å². The van der Waals surface area contributed by atoms with Crippen molar-refractivity contribution in [1.29, 1.82) is 0 Å². The van der Waals surface area contributed by atoms with Crippen LogP contribution in [0, 0.1) is 0 Å². The van der Waals surface area contributed by atoms with Gasteiger partial charge in [-0.1, -0.05) is 66.7 Å². The molecule has 0 aliphatic rings. The Morgan fingerprint density at radius 1 is 0.881 bits per heavy atom. The Labute approximate surface area is 241 Å². The molecule has 0 fully saturated rings. The lowest BCUT2D eigenvalue weighted by molar-refractivity contribution is -0.137. The zero-order valence-electron chi connectivity index (χ0n) is 22.9. The van der Waals surface area contributed by atoms with Crippen LogP contribution in [0.15, 0.2) is 83.9 Å². The Bertz CT molecular complexity index is 1380. The summed E-state index contributed by atoms with van der Waals surface area (Å²) >= 11 is 0. The number of ether oxygens (including phenoxy) is 1. The minimum absolute atomic E-state index is 0.0188. The highest BCUT2D eigenvalue weighted by Crippen LogP contribution is 2.29. The molecule has 12 heteroatoms. The van der Waals surface area contributed by atoms with Crippen LogP contribution in [0.25, 0.3) is 0 Å². The van der Waals surface area contributed by atoms with Crippen LogP contribution in [0.3, 0.4) is 0 Å². The van der Waals surface area contributed by atoms with E-state index < -0.39 is 41.7 Å². The number of aliphatic imine (C=N–C) groups is 1. The van der Waals surface area contributed by atoms with Gasteiger partial charge in [-0.15, -0.1) is 0 Å². The Morgan fingerprint density at radius 3 is 2.12 bits per heavy atom. The summed E-state index contributed by atoms with van der Waals surface area (Å²) in [7, 11) is 0. The second-order valence-corrected chi connectivity index (χ2v) is 9.52. The minimum atomic E-state index is -4.42. The summed E-state index contributed by atoms with van der Waals surface area (Å²) in [5.41, 5.74) is 13.7. The Morgan fingerprint density at radius 2 is 1.50 bits per heavy atom. The number of benzene rings is 3. The van der Waals surface area contributed by atoms with Crippen molar-refractivity contribution in [2.24, 2.45) is 16.5 Å². The number of nitrogens with two attached hydrogens (primary N) is 2. The van der Waals surface area contributed by atoms with Crippen LogP contribution in [0.4, 0.5) is 18.0 Å². The summed E-state index contributed by atoms with van der Waals surface area (Å²) in [6.07, 6.45) is -4.75. The molecule has 0 aromatic heterocycles. The number of nitrogens with one attached hydrogen (secondary N) is 2. The average molecular weight is 584 g/mol. The van der Waals surface area contributed by atoms with Crippen molar-refractivity contribution >= 4 is 23.7 Å². The molecule has 42 heavy (non-hydrogen) atoms. The third-order valence-electron chi connectivity index (χ3n) is 6.25. The van der Waals surface area contributed by atoms with E-state index in [1.54, 1.807) is 24.3 Å². The number of rotatable bonds is 11. The number of amidine groups is 1. The highest BCUT2D eigenvalue weighted by Gasteiger charge is 2.30. The molecule has 0 heterocycles. The first-order valence-corrected chi connectivity index (χ1v) is 13.1. The molecule has 9 nitrogen and oxygen atoms in total. The van der Waals surface area contributed by atoms with E-state index in [2.05, 4.69) is 15.6 Å². The van der Waals surface area contributed by atoms with Crippen molar-refractivity contribution in [3.63, 3.8) is 0 Å². The van der Waals surface area contributed by atoms with Gasteiger partial charge in [-0.05, 0) is 48.6 Å². The second kappa shape index (κ2) is 14.8. The molecule has 0 aliphatic heterocycles. The zero-order chi connectivity index (χ0) is 30.7. The summed E-state index contributed by atoms with van der Waals surface area (Å²) in [6.45, 7) is 1.74. The topological polar surface area (TPSA) is 149 Å². The number of hydrogen-bond donors (Lipinski definition) is 4. The average Bonchev–Trinajstić information content (AvgIpc) is 2.98. The van der Waals surface area contributed by atoms with Crippen molar-refractivity contribution in [3.05, 3.63) is 107 Å². The Hall–Kier alpha value is -4.71. The fourth-order valence-electron chi connectivity index (χ4n) is 3.75. The molecule has 0 bridgehead atoms. The summed E-state index contributed by atoms with van der Waals surface area (Å²) in [4.78, 5) is 40.6. The van der Waals surface area contributed by atoms with Gasteiger partial charge in [0.2, 0.25) is 11.8 Å². The van der Waals surface area contributed by atoms with Gasteiger partial charge in [0.25, 0.3) is 0 Å². The summed E-state index contributed by atoms with van der Waals surface area (Å²) < 4.78 is 43.2. The molecule has 222 valence electrons. The molecule has 6 N–H and O–H groups in total. The summed E-state index contributed by atoms with van der Waals surface area (Å²) in [5.74, 6) is -1.01. The van der Waals surface area contributed by atoms with E-state index in [1.807, 2.05) is 30.3 Å². The third kappa shape index (κ3) is 10.0. The van der Waals surface area contributed by atoms with E-state index in [4.69, 9.17) is 16.2 Å². The van der Waals surface area contributed by atoms with Crippen LogP contribution in [-0.4, -0.2) is 35.8 Å². The van der Waals surface area contributed by atoms with Crippen molar-refractivity contribution in [1.82, 2.24) is 10.6 Å². The minimum Gasteiger partial charge on any atom is -0.443 e. The maximum absolute atomic E-state index is 12.7. The lowest BCUT2D eigenvalue weighted by atomic mass is 10.0. The lowest BCUT2D eigenvalue weighted by Crippen LogP contribution is -2.50. The van der Waals surface area contributed by atoms with E-state index in [9.17, 15) is 27.6 Å². The molecular formula is C30H32F3N5O4. The van der Waals surface area contributed by atoms with E-state index in [0.717, 1.165) is 23.3 Å². The molecule has 3 rings (SSSR count). The molecule has 0 spiro atoms. The fraction of sp³-hybridized carbons (Fsp3) is 0.267. The highest BCUT2D eigenvalue weighted by atomic mass is 19.4. The number of carbonyl (C=O) groups excluding carboxylic acids is 3. The fourth-order valence-corrected chi connectivity index (χ4v) is 3.75. The van der Waals surface area contributed by atoms with Crippen molar-refractivity contribution in [2.45, 2.75) is 51.2 Å². The number of halogens is 3. The molecule has 0 unspecified atom stereocenters. The number of carbonyl (C=O) groups is 3. The molecule has 0 saturated heterocycles. The Balaban J connectivity index is 1.40. The Kier molecular flexibility index (Phi) is 11.2. The zero-order valence-corrected chi connectivity index (χ0v) is 22.9. The van der Waals surface area contributed by atoms with Crippen LogP contribution < -0.4 is 22.1 Å². The maximum atomic E-state index is 12.7. The molecule has 3 aromatic carbocycles. The van der Waals surface area contributed by atoms with Crippen molar-refractivity contribution in [3.8, 4) is 0 Å². The first-order chi connectivity index (χ1) is 19.9. The number of alkyl halides is 3. The van der Waals surface area contributed by atoms with Gasteiger partial charge < -0.3 is 26.8 Å². The normalized spacial score (nSPS) is 13.1. The lowest BCUT2D eigenvalue weighted by Gasteiger charge is -2.17. The van der Waals surface area contributed by atoms with Gasteiger partial charge in [0.1, 0.15) is 18.5 Å². The quantitative estimate of drug-likeness (QED) is 0.199. The number of nitrogens with zero attached hydrogens (tertiary/aromatic N) is 1. The van der Waals surface area contributed by atoms with E-state index in [-0.39, 0.29) is 25.4 Å². The van der Waals surface area contributed by atoms with Gasteiger partial charge >= 0.3 is 12.3 Å². The predicted octanol–water partition coefficient (Wildman–Crippen LogP) is 3.83. The van der Waals surface area contributed by atoms with Crippen LogP contribution in [0.2, 0.25) is 0 Å². The number of hydrogen-bond acceptors (Lipinski definition) is 5. The third-order valence-corrected chi connectivity index (χ3v) is 6.25. The second-order valence-electron chi connectivity index (χ2n) is 9.52. The number of aryl methyl sites for hydroxylation is 1. The van der Waals surface area contributed by atoms with Crippen LogP contribution in [-0.2, 0) is 40.1 Å². The molecule has 3 amide bonds. The van der Waals surface area contributed by atoms with Crippen molar-refractivity contribution in [2.75, 3.05) is 0 Å². The first-order valence-electron chi connectivity index (χ1n) is 13.1. The van der Waals surface area contributed by atoms with E-state index in [1.165, 1.54) is 19.1 Å². The molecule has 0 radical (unpaired) electrons. The molecular weight excluding hydrogens is 551 g/mol. The largest absolute Gasteiger partial charge is 0.443 e. The van der Waals surface area contributed by atoms with Gasteiger partial charge in [0.15, 0.2) is 0 Å². The molecule has 0 aliphatic carbocycles. The van der Waals surface area contributed by atoms with Crippen LogP contribution >= 0.6 is 0 Å². The van der Waals surface area contributed by atoms with Gasteiger partial charge in [0, 0.05) is 12.1 Å². The molecule has 2 atom stereocenters. The van der Waals surface area contributed by atoms with Gasteiger partial charge in [-0.2, -0.15) is 18.2 Å². The maximum Gasteiger partial charge on any atom is 0.435 e. The SMILES string of the molecule is C[C@H](NC(=O)[C@H](N)CCc1ccc(C(F)(F)F)cc1)C(=O)NCc1ccc(C(N)=NC(=O)OCc2ccccc2)cc1. The molecule has 3 aromatic rings. The van der Waals surface area contributed by atoms with E-state index in [0.29, 0.717) is 17.5 Å². The van der Waals surface area contributed by atoms with Crippen LogP contribution in [0.1, 0.15) is 41.2 Å². The first kappa shape index (κ1) is 31.8. The summed E-state index contributed by atoms with van der Waals surface area (Å²) in [6, 6.07) is 18.7. The van der Waals surface area contributed by atoms with E-state index >= 15 is 0 Å². The molecule has 0 saturated carbocycles. The van der Waals surface area contributed by atoms with Gasteiger partial charge in [0.05, 0.1) is 11.6 Å². The standard InChI is InChI=1S/C30H32F3N5O4/c1-19(37-28(40)25(34)16-11-20-9-14-24(15-10-20)30(31,32)33)27(39)36-17-21-7-12-23(13-8-21)26(35)38-29(41)42-18-22-5-3-2-4-6-22/h2-10,12-15,19,25H,11,16-18,34H2,1H3,(H,36,39)(H,37,40)(H2,35,38,41)/t19-,25+/m0/s1. The summed E-state index contributed by atoms with van der Waals surface area (Å²) in [5, 5.41) is 5.25. The highest BCUT2D eigenvalue weighted by molar-refractivity contribution is 6.02. The number of amides is 3.